The fourth-order valence-electron chi connectivity index (χ4n) is 4.33. The first-order valence-electron chi connectivity index (χ1n) is 12.5. The number of carboxylic acids is 1. The highest BCUT2D eigenvalue weighted by atomic mass is 16.7. The van der Waals surface area contributed by atoms with Crippen LogP contribution in [0.4, 0.5) is 4.79 Å². The molecule has 1 aromatic carbocycles. The van der Waals surface area contributed by atoms with Crippen LogP contribution in [0.3, 0.4) is 0 Å². The lowest BCUT2D eigenvalue weighted by atomic mass is 9.78. The van der Waals surface area contributed by atoms with Crippen molar-refractivity contribution in [1.82, 2.24) is 10.2 Å². The van der Waals surface area contributed by atoms with Gasteiger partial charge >= 0.3 is 19.2 Å². The Morgan fingerprint density at radius 2 is 1.83 bits per heavy atom. The lowest BCUT2D eigenvalue weighted by Crippen LogP contribution is -2.53. The molecule has 2 amide bonds. The van der Waals surface area contributed by atoms with Crippen molar-refractivity contribution in [3.63, 3.8) is 0 Å². The normalized spacial score (nSPS) is 22.1. The van der Waals surface area contributed by atoms with Crippen LogP contribution in [0, 0.1) is 5.92 Å². The first-order chi connectivity index (χ1) is 16.6. The maximum absolute atomic E-state index is 13.5. The van der Waals surface area contributed by atoms with Crippen LogP contribution in [0.5, 0.6) is 0 Å². The summed E-state index contributed by atoms with van der Waals surface area (Å²) in [6.07, 6.45) is 0.632. The molecule has 0 spiro atoms. The van der Waals surface area contributed by atoms with Crippen LogP contribution in [0.1, 0.15) is 66.9 Å². The van der Waals surface area contributed by atoms with Crippen molar-refractivity contribution in [2.24, 2.45) is 5.92 Å². The number of alkyl carbamates (subject to hydrolysis) is 1. The van der Waals surface area contributed by atoms with Gasteiger partial charge in [0.1, 0.15) is 11.6 Å². The first-order valence-corrected chi connectivity index (χ1v) is 12.5. The van der Waals surface area contributed by atoms with Crippen LogP contribution in [0.2, 0.25) is 0 Å². The average Bonchev–Trinajstić information content (AvgIpc) is 2.98. The van der Waals surface area contributed by atoms with Gasteiger partial charge in [0.25, 0.3) is 0 Å². The van der Waals surface area contributed by atoms with Crippen LogP contribution in [0.25, 0.3) is 0 Å². The molecule has 3 rings (SSSR count). The van der Waals surface area contributed by atoms with Crippen LogP contribution in [-0.2, 0) is 30.1 Å². The van der Waals surface area contributed by atoms with Crippen molar-refractivity contribution >= 4 is 30.6 Å². The number of nitrogens with one attached hydrogen (secondary N) is 1. The number of ether oxygens (including phenoxy) is 1. The molecule has 2 N–H and O–H groups in total. The lowest BCUT2D eigenvalue weighted by Gasteiger charge is -2.34. The van der Waals surface area contributed by atoms with Crippen molar-refractivity contribution in [3.8, 4) is 0 Å². The third-order valence-corrected chi connectivity index (χ3v) is 6.99. The topological polar surface area (TPSA) is 114 Å². The Morgan fingerprint density at radius 3 is 2.42 bits per heavy atom. The van der Waals surface area contributed by atoms with Crippen LogP contribution in [0.15, 0.2) is 24.3 Å². The minimum atomic E-state index is -0.917. The number of carboxylic acid groups (broad SMARTS) is 1. The van der Waals surface area contributed by atoms with Gasteiger partial charge < -0.3 is 29.4 Å². The molecule has 0 aliphatic carbocycles. The van der Waals surface area contributed by atoms with E-state index < -0.39 is 47.9 Å². The zero-order valence-electron chi connectivity index (χ0n) is 22.4. The molecule has 1 aromatic rings. The summed E-state index contributed by atoms with van der Waals surface area (Å²) < 4.78 is 17.7. The molecule has 10 heteroatoms. The zero-order valence-corrected chi connectivity index (χ0v) is 22.4. The van der Waals surface area contributed by atoms with E-state index in [1.165, 1.54) is 4.90 Å². The molecule has 0 saturated carbocycles. The number of likely N-dealkylation sites (tertiary alicyclic amines) is 1. The molecular formula is C26H39BN2O7. The standard InChI is InChI=1S/C26H39BN2O7/c1-24(2,3)34-23(33)28-20(21(30)29-13-9-11-18(16-29)22(31)32)15-17-10-8-12-19(14-17)27-35-25(4,5)26(6,7)36-27/h8,10,12,14,18,20H,9,11,13,15-16H2,1-7H3,(H,28,33)(H,31,32). The Balaban J connectivity index is 1.81. The molecule has 2 fully saturated rings. The molecule has 2 heterocycles. The van der Waals surface area contributed by atoms with E-state index in [0.29, 0.717) is 19.4 Å². The monoisotopic (exact) mass is 502 g/mol. The smallest absolute Gasteiger partial charge is 0.481 e. The summed E-state index contributed by atoms with van der Waals surface area (Å²) >= 11 is 0. The second kappa shape index (κ2) is 10.4. The molecule has 2 atom stereocenters. The van der Waals surface area contributed by atoms with Gasteiger partial charge in [-0.25, -0.2) is 4.79 Å². The molecule has 2 unspecified atom stereocenters. The summed E-state index contributed by atoms with van der Waals surface area (Å²) in [6.45, 7) is 13.8. The second-order valence-electron chi connectivity index (χ2n) is 11.7. The Labute approximate surface area is 214 Å². The number of aliphatic carboxylic acids is 1. The minimum absolute atomic E-state index is 0.120. The number of piperidine rings is 1. The summed E-state index contributed by atoms with van der Waals surface area (Å²) in [5.41, 5.74) is -0.0749. The van der Waals surface area contributed by atoms with E-state index in [9.17, 15) is 19.5 Å². The van der Waals surface area contributed by atoms with Gasteiger partial charge in [-0.15, -0.1) is 0 Å². The van der Waals surface area contributed by atoms with Crippen LogP contribution >= 0.6 is 0 Å². The maximum atomic E-state index is 13.5. The van der Waals surface area contributed by atoms with Crippen molar-refractivity contribution in [3.05, 3.63) is 29.8 Å². The highest BCUT2D eigenvalue weighted by Gasteiger charge is 2.51. The molecule has 0 aromatic heterocycles. The van der Waals surface area contributed by atoms with Gasteiger partial charge in [-0.05, 0) is 72.3 Å². The number of hydrogen-bond acceptors (Lipinski definition) is 6. The minimum Gasteiger partial charge on any atom is -0.481 e. The number of nitrogens with zero attached hydrogens (tertiary/aromatic N) is 1. The second-order valence-corrected chi connectivity index (χ2v) is 11.7. The third-order valence-electron chi connectivity index (χ3n) is 6.99. The molecule has 9 nitrogen and oxygen atoms in total. The Hall–Kier alpha value is -2.59. The number of carbonyl (C=O) groups excluding carboxylic acids is 2. The van der Waals surface area contributed by atoms with Crippen molar-refractivity contribution in [2.45, 2.75) is 90.6 Å². The van der Waals surface area contributed by atoms with E-state index in [0.717, 1.165) is 11.0 Å². The van der Waals surface area contributed by atoms with Crippen molar-refractivity contribution < 1.29 is 33.5 Å². The number of benzene rings is 1. The van der Waals surface area contributed by atoms with Crippen molar-refractivity contribution in [2.75, 3.05) is 13.1 Å². The summed E-state index contributed by atoms with van der Waals surface area (Å²) in [5.74, 6) is -1.86. The SMILES string of the molecule is CC(C)(C)OC(=O)NC(Cc1cccc(B2OC(C)(C)C(C)(C)O2)c1)C(=O)N1CCCC(C(=O)O)C1. The van der Waals surface area contributed by atoms with E-state index in [4.69, 9.17) is 14.0 Å². The fraction of sp³-hybridized carbons (Fsp3) is 0.654. The van der Waals surface area contributed by atoms with Gasteiger partial charge in [0.2, 0.25) is 5.91 Å². The maximum Gasteiger partial charge on any atom is 0.494 e. The number of amides is 2. The molecule has 0 bridgehead atoms. The quantitative estimate of drug-likeness (QED) is 0.575. The van der Waals surface area contributed by atoms with Gasteiger partial charge in [-0.2, -0.15) is 0 Å². The molecule has 198 valence electrons. The van der Waals surface area contributed by atoms with Gasteiger partial charge in [0.05, 0.1) is 17.1 Å². The van der Waals surface area contributed by atoms with E-state index in [1.807, 2.05) is 52.0 Å². The van der Waals surface area contributed by atoms with Crippen LogP contribution in [-0.4, -0.2) is 71.0 Å². The molecule has 2 saturated heterocycles. The Bertz CT molecular complexity index is 973. The molecule has 2 aliphatic rings. The number of rotatable bonds is 6. The molecule has 36 heavy (non-hydrogen) atoms. The molecule has 2 aliphatic heterocycles. The van der Waals surface area contributed by atoms with Gasteiger partial charge in [0.15, 0.2) is 0 Å². The van der Waals surface area contributed by atoms with E-state index in [-0.39, 0.29) is 18.9 Å². The average molecular weight is 502 g/mol. The number of carbonyl (C=O) groups is 3. The van der Waals surface area contributed by atoms with Gasteiger partial charge in [-0.3, -0.25) is 9.59 Å². The third kappa shape index (κ3) is 6.79. The van der Waals surface area contributed by atoms with Gasteiger partial charge in [0, 0.05) is 19.5 Å². The van der Waals surface area contributed by atoms with E-state index >= 15 is 0 Å². The Morgan fingerprint density at radius 1 is 1.19 bits per heavy atom. The van der Waals surface area contributed by atoms with Crippen LogP contribution < -0.4 is 10.8 Å². The van der Waals surface area contributed by atoms with E-state index in [1.54, 1.807) is 20.8 Å². The van der Waals surface area contributed by atoms with Gasteiger partial charge in [-0.1, -0.05) is 24.3 Å². The fourth-order valence-corrected chi connectivity index (χ4v) is 4.33. The Kier molecular flexibility index (Phi) is 8.10. The van der Waals surface area contributed by atoms with Crippen molar-refractivity contribution in [1.29, 1.82) is 0 Å². The number of hydrogen-bond donors (Lipinski definition) is 2. The van der Waals surface area contributed by atoms with E-state index in [2.05, 4.69) is 5.32 Å². The summed E-state index contributed by atoms with van der Waals surface area (Å²) in [7, 11) is -0.554. The highest BCUT2D eigenvalue weighted by molar-refractivity contribution is 6.62. The predicted molar refractivity (Wildman–Crippen MR) is 136 cm³/mol. The summed E-state index contributed by atoms with van der Waals surface area (Å²) in [4.78, 5) is 39.1. The zero-order chi connectivity index (χ0) is 26.9. The molecular weight excluding hydrogens is 463 g/mol. The first kappa shape index (κ1) is 28.0. The summed E-state index contributed by atoms with van der Waals surface area (Å²) in [6, 6.07) is 6.65. The molecule has 0 radical (unpaired) electrons. The predicted octanol–water partition coefficient (Wildman–Crippen LogP) is 2.74. The largest absolute Gasteiger partial charge is 0.494 e. The highest BCUT2D eigenvalue weighted by Crippen LogP contribution is 2.36. The lowest BCUT2D eigenvalue weighted by molar-refractivity contribution is -0.146. The summed E-state index contributed by atoms with van der Waals surface area (Å²) in [5, 5.41) is 12.2.